The van der Waals surface area contributed by atoms with Crippen molar-refractivity contribution < 1.29 is 18.0 Å². The van der Waals surface area contributed by atoms with Crippen molar-refractivity contribution in [1.82, 2.24) is 0 Å². The SMILES string of the molecule is CCC(N)C(=O)Nc1cc(C(F)(F)F)ccc1Cl. The van der Waals surface area contributed by atoms with Gasteiger partial charge < -0.3 is 11.1 Å². The minimum absolute atomic E-state index is 0.0275. The van der Waals surface area contributed by atoms with E-state index in [1.165, 1.54) is 0 Å². The average Bonchev–Trinajstić information content (AvgIpc) is 2.29. The van der Waals surface area contributed by atoms with E-state index in [0.29, 0.717) is 6.42 Å². The zero-order chi connectivity index (χ0) is 13.9. The Labute approximate surface area is 107 Å². The molecule has 1 aromatic rings. The first-order valence-electron chi connectivity index (χ1n) is 5.19. The topological polar surface area (TPSA) is 55.1 Å². The summed E-state index contributed by atoms with van der Waals surface area (Å²) >= 11 is 5.72. The van der Waals surface area contributed by atoms with E-state index in [1.807, 2.05) is 0 Å². The van der Waals surface area contributed by atoms with Crippen molar-refractivity contribution in [3.05, 3.63) is 28.8 Å². The molecular formula is C11H12ClF3N2O. The molecule has 1 rings (SSSR count). The molecule has 3 nitrogen and oxygen atoms in total. The van der Waals surface area contributed by atoms with Gasteiger partial charge in [-0.15, -0.1) is 0 Å². The van der Waals surface area contributed by atoms with E-state index in [4.69, 9.17) is 17.3 Å². The van der Waals surface area contributed by atoms with Gasteiger partial charge in [-0.2, -0.15) is 13.2 Å². The normalized spacial score (nSPS) is 13.2. The van der Waals surface area contributed by atoms with Gasteiger partial charge in [0.1, 0.15) is 0 Å². The van der Waals surface area contributed by atoms with Crippen LogP contribution in [0.25, 0.3) is 0 Å². The molecule has 0 aliphatic rings. The van der Waals surface area contributed by atoms with Crippen LogP contribution in [0.4, 0.5) is 18.9 Å². The van der Waals surface area contributed by atoms with Gasteiger partial charge in [0.05, 0.1) is 22.3 Å². The van der Waals surface area contributed by atoms with Crippen LogP contribution in [0, 0.1) is 0 Å². The van der Waals surface area contributed by atoms with Crippen molar-refractivity contribution in [2.45, 2.75) is 25.6 Å². The summed E-state index contributed by atoms with van der Waals surface area (Å²) in [5, 5.41) is 2.30. The van der Waals surface area contributed by atoms with Crippen LogP contribution in [0.3, 0.4) is 0 Å². The van der Waals surface area contributed by atoms with Crippen molar-refractivity contribution in [3.8, 4) is 0 Å². The monoisotopic (exact) mass is 280 g/mol. The molecule has 1 aromatic carbocycles. The summed E-state index contributed by atoms with van der Waals surface area (Å²) in [6.45, 7) is 1.69. The van der Waals surface area contributed by atoms with Gasteiger partial charge in [0.2, 0.25) is 5.91 Å². The van der Waals surface area contributed by atoms with E-state index in [-0.39, 0.29) is 10.7 Å². The number of anilines is 1. The molecule has 1 unspecified atom stereocenters. The number of hydrogen-bond acceptors (Lipinski definition) is 2. The molecule has 0 aromatic heterocycles. The molecule has 0 aliphatic heterocycles. The lowest BCUT2D eigenvalue weighted by Crippen LogP contribution is -2.34. The molecule has 1 atom stereocenters. The van der Waals surface area contributed by atoms with Crippen molar-refractivity contribution in [2.24, 2.45) is 5.73 Å². The number of rotatable bonds is 3. The number of hydrogen-bond donors (Lipinski definition) is 2. The van der Waals surface area contributed by atoms with Crippen LogP contribution in [-0.4, -0.2) is 11.9 Å². The molecule has 100 valence electrons. The summed E-state index contributed by atoms with van der Waals surface area (Å²) < 4.78 is 37.4. The highest BCUT2D eigenvalue weighted by Crippen LogP contribution is 2.33. The zero-order valence-corrected chi connectivity index (χ0v) is 10.3. The summed E-state index contributed by atoms with van der Waals surface area (Å²) in [7, 11) is 0. The lowest BCUT2D eigenvalue weighted by atomic mass is 10.1. The Morgan fingerprint density at radius 2 is 2.11 bits per heavy atom. The predicted octanol–water partition coefficient (Wildman–Crippen LogP) is 3.03. The Balaban J connectivity index is 2.99. The number of carbonyl (C=O) groups excluding carboxylic acids is 1. The fourth-order valence-electron chi connectivity index (χ4n) is 1.21. The van der Waals surface area contributed by atoms with Crippen LogP contribution in [-0.2, 0) is 11.0 Å². The standard InChI is InChI=1S/C11H12ClF3N2O/c1-2-8(16)10(18)17-9-5-6(11(13,14)15)3-4-7(9)12/h3-5,8H,2,16H2,1H3,(H,17,18). The molecule has 3 N–H and O–H groups in total. The first-order chi connectivity index (χ1) is 8.25. The Morgan fingerprint density at radius 3 is 2.61 bits per heavy atom. The molecule has 7 heteroatoms. The predicted molar refractivity (Wildman–Crippen MR) is 63.4 cm³/mol. The molecule has 0 radical (unpaired) electrons. The Hall–Kier alpha value is -1.27. The number of amides is 1. The third-order valence-corrected chi connectivity index (χ3v) is 2.66. The van der Waals surface area contributed by atoms with Crippen LogP contribution in [0.15, 0.2) is 18.2 Å². The largest absolute Gasteiger partial charge is 0.416 e. The highest BCUT2D eigenvalue weighted by Gasteiger charge is 2.31. The Bertz CT molecular complexity index is 448. The van der Waals surface area contributed by atoms with Crippen molar-refractivity contribution in [3.63, 3.8) is 0 Å². The maximum atomic E-state index is 12.5. The van der Waals surface area contributed by atoms with E-state index in [0.717, 1.165) is 18.2 Å². The minimum Gasteiger partial charge on any atom is -0.323 e. The maximum absolute atomic E-state index is 12.5. The molecule has 1 amide bonds. The third kappa shape index (κ3) is 3.61. The van der Waals surface area contributed by atoms with Gasteiger partial charge in [0, 0.05) is 0 Å². The smallest absolute Gasteiger partial charge is 0.323 e. The Morgan fingerprint density at radius 1 is 1.50 bits per heavy atom. The van der Waals surface area contributed by atoms with Gasteiger partial charge in [0.15, 0.2) is 0 Å². The number of halogens is 4. The number of benzene rings is 1. The first kappa shape index (κ1) is 14.8. The van der Waals surface area contributed by atoms with Crippen molar-refractivity contribution in [1.29, 1.82) is 0 Å². The molecule has 0 spiro atoms. The highest BCUT2D eigenvalue weighted by atomic mass is 35.5. The van der Waals surface area contributed by atoms with Crippen LogP contribution in [0.2, 0.25) is 5.02 Å². The molecular weight excluding hydrogens is 269 g/mol. The Kier molecular flexibility index (Phi) is 4.59. The summed E-state index contributed by atoms with van der Waals surface area (Å²) in [4.78, 5) is 11.5. The molecule has 18 heavy (non-hydrogen) atoms. The lowest BCUT2D eigenvalue weighted by molar-refractivity contribution is -0.137. The average molecular weight is 281 g/mol. The van der Waals surface area contributed by atoms with Gasteiger partial charge in [-0.1, -0.05) is 18.5 Å². The molecule has 0 aliphatic carbocycles. The number of nitrogens with two attached hydrogens (primary N) is 1. The second-order valence-corrected chi connectivity index (χ2v) is 4.10. The summed E-state index contributed by atoms with van der Waals surface area (Å²) in [5.41, 5.74) is 4.48. The molecule has 0 fully saturated rings. The molecule has 0 heterocycles. The number of carbonyl (C=O) groups is 1. The van der Waals surface area contributed by atoms with E-state index in [9.17, 15) is 18.0 Å². The summed E-state index contributed by atoms with van der Waals surface area (Å²) in [6, 6.07) is 1.92. The van der Waals surface area contributed by atoms with E-state index in [1.54, 1.807) is 6.92 Å². The van der Waals surface area contributed by atoms with Gasteiger partial charge in [-0.25, -0.2) is 0 Å². The lowest BCUT2D eigenvalue weighted by Gasteiger charge is -2.13. The number of alkyl halides is 3. The van der Waals surface area contributed by atoms with Crippen LogP contribution in [0.5, 0.6) is 0 Å². The fourth-order valence-corrected chi connectivity index (χ4v) is 1.37. The van der Waals surface area contributed by atoms with E-state index in [2.05, 4.69) is 5.32 Å². The summed E-state index contributed by atoms with van der Waals surface area (Å²) in [5.74, 6) is -0.571. The quantitative estimate of drug-likeness (QED) is 0.894. The van der Waals surface area contributed by atoms with E-state index >= 15 is 0 Å². The second-order valence-electron chi connectivity index (χ2n) is 3.70. The zero-order valence-electron chi connectivity index (χ0n) is 9.51. The first-order valence-corrected chi connectivity index (χ1v) is 5.56. The van der Waals surface area contributed by atoms with Crippen molar-refractivity contribution >= 4 is 23.2 Å². The molecule has 0 saturated heterocycles. The molecule has 0 bridgehead atoms. The number of nitrogens with one attached hydrogen (secondary N) is 1. The molecule has 0 saturated carbocycles. The fraction of sp³-hybridized carbons (Fsp3) is 0.364. The summed E-state index contributed by atoms with van der Waals surface area (Å²) in [6.07, 6.45) is -4.11. The van der Waals surface area contributed by atoms with Gasteiger partial charge in [-0.05, 0) is 24.6 Å². The maximum Gasteiger partial charge on any atom is 0.416 e. The highest BCUT2D eigenvalue weighted by molar-refractivity contribution is 6.33. The van der Waals surface area contributed by atoms with Crippen LogP contribution < -0.4 is 11.1 Å². The third-order valence-electron chi connectivity index (χ3n) is 2.33. The van der Waals surface area contributed by atoms with Crippen molar-refractivity contribution in [2.75, 3.05) is 5.32 Å². The second kappa shape index (κ2) is 5.58. The van der Waals surface area contributed by atoms with Crippen LogP contribution >= 0.6 is 11.6 Å². The van der Waals surface area contributed by atoms with Gasteiger partial charge in [-0.3, -0.25) is 4.79 Å². The van der Waals surface area contributed by atoms with Crippen LogP contribution in [0.1, 0.15) is 18.9 Å². The minimum atomic E-state index is -4.49. The van der Waals surface area contributed by atoms with Gasteiger partial charge >= 0.3 is 6.18 Å². The van der Waals surface area contributed by atoms with E-state index < -0.39 is 23.7 Å². The van der Waals surface area contributed by atoms with Gasteiger partial charge in [0.25, 0.3) is 0 Å².